The Morgan fingerprint density at radius 2 is 1.70 bits per heavy atom. The van der Waals surface area contributed by atoms with Gasteiger partial charge in [0.2, 0.25) is 5.43 Å². The lowest BCUT2D eigenvalue weighted by Crippen LogP contribution is -2.26. The van der Waals surface area contributed by atoms with Crippen molar-refractivity contribution in [2.75, 3.05) is 11.6 Å². The number of rotatable bonds is 7. The zero-order valence-corrected chi connectivity index (χ0v) is 17.9. The van der Waals surface area contributed by atoms with Crippen molar-refractivity contribution >= 4 is 23.4 Å². The van der Waals surface area contributed by atoms with Crippen LogP contribution in [0.1, 0.15) is 65.8 Å². The number of nitrogens with one attached hydrogen (secondary N) is 1. The molecule has 1 N–H and O–H groups in total. The lowest BCUT2D eigenvalue weighted by molar-refractivity contribution is 0.102. The van der Waals surface area contributed by atoms with E-state index in [2.05, 4.69) is 31.3 Å². The van der Waals surface area contributed by atoms with Crippen LogP contribution in [-0.2, 0) is 19.3 Å². The third kappa shape index (κ3) is 4.46. The topological polar surface area (TPSA) is 59.3 Å². The SMILES string of the molecule is CCCc1oc(C)c(C)c(=O)c1C(=O)Nc1c(CC)cc(SC)cc1CC. The van der Waals surface area contributed by atoms with Crippen LogP contribution in [0.2, 0.25) is 0 Å². The fraction of sp³-hybridized carbons (Fsp3) is 0.455. The van der Waals surface area contributed by atoms with Crippen molar-refractivity contribution in [2.45, 2.75) is 65.2 Å². The van der Waals surface area contributed by atoms with E-state index in [0.29, 0.717) is 23.5 Å². The molecule has 5 heteroatoms. The smallest absolute Gasteiger partial charge is 0.263 e. The van der Waals surface area contributed by atoms with E-state index in [4.69, 9.17) is 4.42 Å². The van der Waals surface area contributed by atoms with E-state index in [0.717, 1.165) is 36.1 Å². The van der Waals surface area contributed by atoms with E-state index in [1.54, 1.807) is 25.6 Å². The highest BCUT2D eigenvalue weighted by molar-refractivity contribution is 7.98. The zero-order valence-electron chi connectivity index (χ0n) is 17.1. The maximum atomic E-state index is 13.1. The van der Waals surface area contributed by atoms with Gasteiger partial charge in [-0.1, -0.05) is 20.8 Å². The van der Waals surface area contributed by atoms with Crippen LogP contribution in [0.25, 0.3) is 0 Å². The largest absolute Gasteiger partial charge is 0.465 e. The number of thioether (sulfide) groups is 1. The van der Waals surface area contributed by atoms with Gasteiger partial charge in [0.25, 0.3) is 5.91 Å². The van der Waals surface area contributed by atoms with E-state index < -0.39 is 0 Å². The molecule has 0 spiro atoms. The van der Waals surface area contributed by atoms with Crippen molar-refractivity contribution in [3.63, 3.8) is 0 Å². The minimum Gasteiger partial charge on any atom is -0.465 e. The number of anilines is 1. The average molecular weight is 388 g/mol. The Balaban J connectivity index is 2.56. The molecule has 27 heavy (non-hydrogen) atoms. The van der Waals surface area contributed by atoms with Gasteiger partial charge in [0.1, 0.15) is 17.1 Å². The van der Waals surface area contributed by atoms with Crippen LogP contribution in [0.3, 0.4) is 0 Å². The number of carbonyl (C=O) groups is 1. The zero-order chi connectivity index (χ0) is 20.1. The molecular weight excluding hydrogens is 358 g/mol. The minimum absolute atomic E-state index is 0.137. The number of hydrogen-bond donors (Lipinski definition) is 1. The second-order valence-electron chi connectivity index (χ2n) is 6.64. The Kier molecular flexibility index (Phi) is 7.31. The van der Waals surface area contributed by atoms with Gasteiger partial charge in [-0.25, -0.2) is 0 Å². The van der Waals surface area contributed by atoms with Crippen LogP contribution in [-0.4, -0.2) is 12.2 Å². The van der Waals surface area contributed by atoms with Gasteiger partial charge in [-0.3, -0.25) is 9.59 Å². The van der Waals surface area contributed by atoms with Crippen molar-refractivity contribution in [2.24, 2.45) is 0 Å². The molecule has 0 bridgehead atoms. The minimum atomic E-state index is -0.378. The maximum absolute atomic E-state index is 13.1. The van der Waals surface area contributed by atoms with Crippen LogP contribution in [0.15, 0.2) is 26.2 Å². The van der Waals surface area contributed by atoms with Gasteiger partial charge in [0.15, 0.2) is 0 Å². The molecule has 0 unspecified atom stereocenters. The molecule has 2 rings (SSSR count). The summed E-state index contributed by atoms with van der Waals surface area (Å²) in [6, 6.07) is 4.21. The first kappa shape index (κ1) is 21.3. The van der Waals surface area contributed by atoms with E-state index in [1.165, 1.54) is 4.90 Å². The molecule has 0 atom stereocenters. The molecule has 1 heterocycles. The molecule has 0 radical (unpaired) electrons. The normalized spacial score (nSPS) is 10.9. The second-order valence-corrected chi connectivity index (χ2v) is 7.52. The molecule has 0 saturated carbocycles. The predicted octanol–water partition coefficient (Wildman–Crippen LogP) is 5.31. The van der Waals surface area contributed by atoms with Crippen LogP contribution in [0.4, 0.5) is 5.69 Å². The van der Waals surface area contributed by atoms with Crippen molar-refractivity contribution in [1.82, 2.24) is 0 Å². The fourth-order valence-corrected chi connectivity index (χ4v) is 3.69. The van der Waals surface area contributed by atoms with E-state index in [9.17, 15) is 9.59 Å². The van der Waals surface area contributed by atoms with Gasteiger partial charge >= 0.3 is 0 Å². The molecule has 146 valence electrons. The molecule has 0 fully saturated rings. The number of amides is 1. The van der Waals surface area contributed by atoms with Crippen molar-refractivity contribution < 1.29 is 9.21 Å². The second kappa shape index (κ2) is 9.27. The Hall–Kier alpha value is -2.01. The Morgan fingerprint density at radius 1 is 1.11 bits per heavy atom. The predicted molar refractivity (Wildman–Crippen MR) is 113 cm³/mol. The Labute approximate surface area is 165 Å². The van der Waals surface area contributed by atoms with E-state index in [1.807, 2.05) is 13.2 Å². The fourth-order valence-electron chi connectivity index (χ4n) is 3.17. The van der Waals surface area contributed by atoms with Crippen molar-refractivity contribution in [3.05, 3.63) is 56.1 Å². The van der Waals surface area contributed by atoms with E-state index in [-0.39, 0.29) is 16.9 Å². The van der Waals surface area contributed by atoms with Gasteiger partial charge in [-0.2, -0.15) is 0 Å². The third-order valence-corrected chi connectivity index (χ3v) is 5.57. The quantitative estimate of drug-likeness (QED) is 0.654. The lowest BCUT2D eigenvalue weighted by atomic mass is 10.0. The summed E-state index contributed by atoms with van der Waals surface area (Å²) < 4.78 is 5.80. The number of aryl methyl sites for hydroxylation is 4. The number of carbonyl (C=O) groups excluding carboxylic acids is 1. The monoisotopic (exact) mass is 387 g/mol. The highest BCUT2D eigenvalue weighted by atomic mass is 32.2. The molecular formula is C22H29NO3S. The molecule has 2 aromatic rings. The lowest BCUT2D eigenvalue weighted by Gasteiger charge is -2.17. The molecule has 0 aliphatic carbocycles. The standard InChI is InChI=1S/C22H29NO3S/c1-7-10-18-19(21(24)13(4)14(5)26-18)22(25)23-20-15(8-2)11-17(27-6)12-16(20)9-3/h11-12H,7-10H2,1-6H3,(H,23,25). The highest BCUT2D eigenvalue weighted by Crippen LogP contribution is 2.29. The Morgan fingerprint density at radius 3 is 2.19 bits per heavy atom. The van der Waals surface area contributed by atoms with Crippen molar-refractivity contribution in [3.8, 4) is 0 Å². The molecule has 1 aromatic heterocycles. The summed E-state index contributed by atoms with van der Waals surface area (Å²) >= 11 is 1.69. The summed E-state index contributed by atoms with van der Waals surface area (Å²) in [7, 11) is 0. The van der Waals surface area contributed by atoms with Gasteiger partial charge in [-0.05, 0) is 62.6 Å². The summed E-state index contributed by atoms with van der Waals surface area (Å²) in [6.07, 6.45) is 5.02. The molecule has 4 nitrogen and oxygen atoms in total. The third-order valence-electron chi connectivity index (χ3n) is 4.87. The van der Waals surface area contributed by atoms with Crippen molar-refractivity contribution in [1.29, 1.82) is 0 Å². The summed E-state index contributed by atoms with van der Waals surface area (Å²) in [5.41, 5.74) is 3.37. The summed E-state index contributed by atoms with van der Waals surface area (Å²) in [4.78, 5) is 27.1. The molecule has 1 amide bonds. The van der Waals surface area contributed by atoms with Gasteiger partial charge in [-0.15, -0.1) is 11.8 Å². The average Bonchev–Trinajstić information content (AvgIpc) is 2.66. The first-order valence-electron chi connectivity index (χ1n) is 9.52. The maximum Gasteiger partial charge on any atom is 0.263 e. The van der Waals surface area contributed by atoms with Gasteiger partial charge < -0.3 is 9.73 Å². The van der Waals surface area contributed by atoms with Gasteiger partial charge in [0, 0.05) is 22.6 Å². The van der Waals surface area contributed by atoms with Crippen LogP contribution < -0.4 is 10.7 Å². The van der Waals surface area contributed by atoms with E-state index >= 15 is 0 Å². The number of benzene rings is 1. The van der Waals surface area contributed by atoms with Crippen LogP contribution in [0.5, 0.6) is 0 Å². The molecule has 0 saturated heterocycles. The van der Waals surface area contributed by atoms with Crippen LogP contribution in [0, 0.1) is 13.8 Å². The molecule has 0 aliphatic heterocycles. The summed E-state index contributed by atoms with van der Waals surface area (Å²) in [6.45, 7) is 9.62. The Bertz CT molecular complexity index is 874. The first-order chi connectivity index (χ1) is 12.9. The van der Waals surface area contributed by atoms with Gasteiger partial charge in [0.05, 0.1) is 0 Å². The first-order valence-corrected chi connectivity index (χ1v) is 10.7. The molecule has 0 aliphatic rings. The van der Waals surface area contributed by atoms with Crippen LogP contribution >= 0.6 is 11.8 Å². The number of hydrogen-bond acceptors (Lipinski definition) is 4. The highest BCUT2D eigenvalue weighted by Gasteiger charge is 2.22. The molecule has 1 aromatic carbocycles. The summed E-state index contributed by atoms with van der Waals surface area (Å²) in [5.74, 6) is 0.671. The summed E-state index contributed by atoms with van der Waals surface area (Å²) in [5, 5.41) is 3.03.